The van der Waals surface area contributed by atoms with E-state index in [1.807, 2.05) is 46.8 Å². The van der Waals surface area contributed by atoms with Crippen molar-refractivity contribution in [3.05, 3.63) is 82.7 Å². The predicted octanol–water partition coefficient (Wildman–Crippen LogP) is 4.07. The number of benzene rings is 2. The highest BCUT2D eigenvalue weighted by Crippen LogP contribution is 2.20. The normalized spacial score (nSPS) is 15.1. The van der Waals surface area contributed by atoms with Crippen molar-refractivity contribution in [1.82, 2.24) is 19.6 Å². The van der Waals surface area contributed by atoms with Gasteiger partial charge in [-0.2, -0.15) is 5.10 Å². The number of para-hydroxylation sites is 1. The Labute approximate surface area is 185 Å². The van der Waals surface area contributed by atoms with Gasteiger partial charge in [-0.05, 0) is 50.5 Å². The molecule has 0 atom stereocenters. The van der Waals surface area contributed by atoms with Gasteiger partial charge in [0.1, 0.15) is 0 Å². The lowest BCUT2D eigenvalue weighted by atomic mass is 10.1. The maximum Gasteiger partial charge on any atom is 0.227 e. The monoisotopic (exact) mass is 416 g/mol. The van der Waals surface area contributed by atoms with Crippen molar-refractivity contribution >= 4 is 5.91 Å². The van der Waals surface area contributed by atoms with Crippen LogP contribution in [0.4, 0.5) is 0 Å². The smallest absolute Gasteiger partial charge is 0.227 e. The number of carbonyl (C=O) groups excluding carboxylic acids is 1. The van der Waals surface area contributed by atoms with E-state index in [0.717, 1.165) is 61.8 Å². The minimum atomic E-state index is 0.205. The molecule has 3 aromatic rings. The van der Waals surface area contributed by atoms with Gasteiger partial charge in [-0.1, -0.05) is 42.5 Å². The third-order valence-corrected chi connectivity index (χ3v) is 6.37. The molecule has 162 valence electrons. The second kappa shape index (κ2) is 9.48. The topological polar surface area (TPSA) is 41.4 Å². The standard InChI is InChI=1S/C26H32N4O/c1-20-10-7-8-11-23(20)19-28-14-9-15-29(17-16-28)26(31)18-25-21(2)27-30(22(25)3)24-12-5-4-6-13-24/h4-8,10-13H,9,14-19H2,1-3H3. The molecule has 2 aromatic carbocycles. The van der Waals surface area contributed by atoms with Crippen LogP contribution in [-0.2, 0) is 17.8 Å². The molecule has 0 unspecified atom stereocenters. The lowest BCUT2D eigenvalue weighted by Gasteiger charge is -2.23. The van der Waals surface area contributed by atoms with Crippen LogP contribution in [0, 0.1) is 20.8 Å². The fraction of sp³-hybridized carbons (Fsp3) is 0.385. The molecule has 0 radical (unpaired) electrons. The second-order valence-corrected chi connectivity index (χ2v) is 8.51. The molecule has 1 aromatic heterocycles. The van der Waals surface area contributed by atoms with Crippen molar-refractivity contribution in [2.24, 2.45) is 0 Å². The van der Waals surface area contributed by atoms with Crippen LogP contribution in [0.3, 0.4) is 0 Å². The number of hydrogen-bond donors (Lipinski definition) is 0. The first-order valence-corrected chi connectivity index (χ1v) is 11.2. The van der Waals surface area contributed by atoms with E-state index in [-0.39, 0.29) is 5.91 Å². The third-order valence-electron chi connectivity index (χ3n) is 6.37. The van der Waals surface area contributed by atoms with E-state index >= 15 is 0 Å². The summed E-state index contributed by atoms with van der Waals surface area (Å²) in [6.07, 6.45) is 1.43. The molecule has 1 aliphatic rings. The van der Waals surface area contributed by atoms with Crippen LogP contribution in [0.25, 0.3) is 5.69 Å². The maximum atomic E-state index is 13.2. The number of amides is 1. The number of carbonyl (C=O) groups is 1. The number of rotatable bonds is 5. The predicted molar refractivity (Wildman–Crippen MR) is 124 cm³/mol. The lowest BCUT2D eigenvalue weighted by molar-refractivity contribution is -0.130. The number of hydrogen-bond acceptors (Lipinski definition) is 3. The van der Waals surface area contributed by atoms with Gasteiger partial charge >= 0.3 is 0 Å². The Kier molecular flexibility index (Phi) is 6.52. The van der Waals surface area contributed by atoms with E-state index in [1.54, 1.807) is 0 Å². The summed E-state index contributed by atoms with van der Waals surface area (Å²) in [5.74, 6) is 0.205. The van der Waals surface area contributed by atoms with Crippen LogP contribution in [0.2, 0.25) is 0 Å². The summed E-state index contributed by atoms with van der Waals surface area (Å²) in [4.78, 5) is 17.7. The fourth-order valence-electron chi connectivity index (χ4n) is 4.42. The highest BCUT2D eigenvalue weighted by atomic mass is 16.2. The summed E-state index contributed by atoms with van der Waals surface area (Å²) in [5, 5.41) is 4.70. The average Bonchev–Trinajstić information content (AvgIpc) is 2.94. The molecule has 1 aliphatic heterocycles. The van der Waals surface area contributed by atoms with Crippen LogP contribution in [0.15, 0.2) is 54.6 Å². The average molecular weight is 417 g/mol. The van der Waals surface area contributed by atoms with Crippen LogP contribution in [-0.4, -0.2) is 51.7 Å². The molecule has 1 saturated heterocycles. The van der Waals surface area contributed by atoms with Crippen molar-refractivity contribution in [3.8, 4) is 5.69 Å². The molecule has 1 fully saturated rings. The summed E-state index contributed by atoms with van der Waals surface area (Å²) >= 11 is 0. The van der Waals surface area contributed by atoms with Crippen LogP contribution >= 0.6 is 0 Å². The Balaban J connectivity index is 1.40. The SMILES string of the molecule is Cc1ccccc1CN1CCCN(C(=O)Cc2c(C)nn(-c3ccccc3)c2C)CC1. The number of aromatic nitrogens is 2. The highest BCUT2D eigenvalue weighted by molar-refractivity contribution is 5.79. The fourth-order valence-corrected chi connectivity index (χ4v) is 4.42. The van der Waals surface area contributed by atoms with Crippen molar-refractivity contribution in [1.29, 1.82) is 0 Å². The summed E-state index contributed by atoms with van der Waals surface area (Å²) in [7, 11) is 0. The van der Waals surface area contributed by atoms with E-state index in [4.69, 9.17) is 5.10 Å². The second-order valence-electron chi connectivity index (χ2n) is 8.51. The number of aryl methyl sites for hydroxylation is 2. The Morgan fingerprint density at radius 1 is 0.903 bits per heavy atom. The van der Waals surface area contributed by atoms with E-state index < -0.39 is 0 Å². The molecule has 31 heavy (non-hydrogen) atoms. The van der Waals surface area contributed by atoms with Gasteiger partial charge in [0.25, 0.3) is 0 Å². The molecule has 1 amide bonds. The van der Waals surface area contributed by atoms with Crippen LogP contribution < -0.4 is 0 Å². The maximum absolute atomic E-state index is 13.2. The largest absolute Gasteiger partial charge is 0.341 e. The molecular weight excluding hydrogens is 384 g/mol. The third kappa shape index (κ3) is 4.88. The van der Waals surface area contributed by atoms with E-state index in [9.17, 15) is 4.79 Å². The van der Waals surface area contributed by atoms with E-state index in [2.05, 4.69) is 43.0 Å². The van der Waals surface area contributed by atoms with Gasteiger partial charge in [-0.15, -0.1) is 0 Å². The molecular formula is C26H32N4O. The molecule has 0 bridgehead atoms. The molecule has 4 rings (SSSR count). The molecule has 0 saturated carbocycles. The Morgan fingerprint density at radius 3 is 2.42 bits per heavy atom. The first kappa shape index (κ1) is 21.3. The van der Waals surface area contributed by atoms with E-state index in [0.29, 0.717) is 6.42 Å². The zero-order valence-electron chi connectivity index (χ0n) is 18.8. The van der Waals surface area contributed by atoms with Crippen molar-refractivity contribution in [2.75, 3.05) is 26.2 Å². The zero-order chi connectivity index (χ0) is 21.8. The Bertz CT molecular complexity index is 1040. The van der Waals surface area contributed by atoms with Crippen molar-refractivity contribution < 1.29 is 4.79 Å². The summed E-state index contributed by atoms with van der Waals surface area (Å²) < 4.78 is 1.95. The summed E-state index contributed by atoms with van der Waals surface area (Å²) in [6, 6.07) is 18.7. The summed E-state index contributed by atoms with van der Waals surface area (Å²) in [6.45, 7) is 10.7. The molecule has 0 aliphatic carbocycles. The minimum Gasteiger partial charge on any atom is -0.341 e. The number of nitrogens with zero attached hydrogens (tertiary/aromatic N) is 4. The summed E-state index contributed by atoms with van der Waals surface area (Å²) in [5.41, 5.74) is 6.78. The van der Waals surface area contributed by atoms with Gasteiger partial charge in [0.15, 0.2) is 0 Å². The van der Waals surface area contributed by atoms with Gasteiger partial charge in [-0.3, -0.25) is 9.69 Å². The van der Waals surface area contributed by atoms with Crippen molar-refractivity contribution in [2.45, 2.75) is 40.2 Å². The van der Waals surface area contributed by atoms with Gasteiger partial charge in [0.05, 0.1) is 17.8 Å². The van der Waals surface area contributed by atoms with E-state index in [1.165, 1.54) is 11.1 Å². The molecule has 0 spiro atoms. The zero-order valence-corrected chi connectivity index (χ0v) is 18.8. The minimum absolute atomic E-state index is 0.205. The first-order valence-electron chi connectivity index (χ1n) is 11.2. The van der Waals surface area contributed by atoms with Gasteiger partial charge in [0, 0.05) is 44.0 Å². The van der Waals surface area contributed by atoms with Crippen molar-refractivity contribution in [3.63, 3.8) is 0 Å². The quantitative estimate of drug-likeness (QED) is 0.629. The molecule has 5 nitrogen and oxygen atoms in total. The molecule has 0 N–H and O–H groups in total. The molecule has 5 heteroatoms. The molecule has 2 heterocycles. The Morgan fingerprint density at radius 2 is 1.65 bits per heavy atom. The van der Waals surface area contributed by atoms with Gasteiger partial charge in [0.2, 0.25) is 5.91 Å². The van der Waals surface area contributed by atoms with Gasteiger partial charge < -0.3 is 4.90 Å². The Hall–Kier alpha value is -2.92. The van der Waals surface area contributed by atoms with Gasteiger partial charge in [-0.25, -0.2) is 4.68 Å². The first-order chi connectivity index (χ1) is 15.0. The van der Waals surface area contributed by atoms with Crippen LogP contribution in [0.5, 0.6) is 0 Å². The lowest BCUT2D eigenvalue weighted by Crippen LogP contribution is -2.36. The highest BCUT2D eigenvalue weighted by Gasteiger charge is 2.22. The van der Waals surface area contributed by atoms with Crippen LogP contribution in [0.1, 0.15) is 34.5 Å².